The molecule has 1 aromatic heterocycles. The zero-order valence-electron chi connectivity index (χ0n) is 17.3. The standard InChI is InChI=1S/C20H32N6O4/c1-30-13-17-19(28)20(29)18(27)12-25(17)11-5-3-2-4-10-21-15-6-8-16(9-7-15)26-14-22-23-24-26/h6-9,14,17-21,27-29H,2-5,10-13H2,1H3/t17-,18+,19-,20-/m1/s1. The normalized spacial score (nSPS) is 24.8. The Bertz CT molecular complexity index is 729. The second-order valence-corrected chi connectivity index (χ2v) is 7.71. The van der Waals surface area contributed by atoms with Gasteiger partial charge in [-0.05, 0) is 54.1 Å². The largest absolute Gasteiger partial charge is 0.389 e. The average Bonchev–Trinajstić information content (AvgIpc) is 3.29. The number of rotatable bonds is 11. The van der Waals surface area contributed by atoms with Crippen LogP contribution in [-0.4, -0.2) is 98.1 Å². The molecule has 0 aliphatic carbocycles. The number of β-amino-alcohol motifs (C(OH)–C–C–N with tert-alkyl or cyclic N) is 1. The maximum absolute atomic E-state index is 10.2. The number of unbranched alkanes of at least 4 members (excludes halogenated alkanes) is 3. The molecule has 0 amide bonds. The molecule has 10 heteroatoms. The van der Waals surface area contributed by atoms with Crippen molar-refractivity contribution in [2.45, 2.75) is 50.0 Å². The van der Waals surface area contributed by atoms with Gasteiger partial charge in [0.1, 0.15) is 18.5 Å². The highest BCUT2D eigenvalue weighted by Crippen LogP contribution is 2.20. The predicted octanol–water partition coefficient (Wildman–Crippen LogP) is 0.0479. The number of aliphatic hydroxyl groups is 3. The van der Waals surface area contributed by atoms with Crippen molar-refractivity contribution >= 4 is 5.69 Å². The van der Waals surface area contributed by atoms with Gasteiger partial charge in [0.2, 0.25) is 0 Å². The van der Waals surface area contributed by atoms with Gasteiger partial charge in [-0.2, -0.15) is 0 Å². The van der Waals surface area contributed by atoms with Gasteiger partial charge in [0.05, 0.1) is 24.4 Å². The lowest BCUT2D eigenvalue weighted by molar-refractivity contribution is -0.147. The number of aromatic nitrogens is 4. The number of anilines is 1. The third-order valence-electron chi connectivity index (χ3n) is 5.55. The topological polar surface area (TPSA) is 129 Å². The molecule has 10 nitrogen and oxygen atoms in total. The number of ether oxygens (including phenoxy) is 1. The van der Waals surface area contributed by atoms with Crippen molar-refractivity contribution in [3.8, 4) is 5.69 Å². The summed E-state index contributed by atoms with van der Waals surface area (Å²) in [5, 5.41) is 44.6. The Hall–Kier alpha value is -2.11. The van der Waals surface area contributed by atoms with Gasteiger partial charge in [-0.1, -0.05) is 12.8 Å². The molecule has 1 aliphatic heterocycles. The van der Waals surface area contributed by atoms with Crippen LogP contribution in [0, 0.1) is 0 Å². The van der Waals surface area contributed by atoms with E-state index in [4.69, 9.17) is 4.74 Å². The van der Waals surface area contributed by atoms with E-state index in [2.05, 4.69) is 20.8 Å². The summed E-state index contributed by atoms with van der Waals surface area (Å²) in [6.45, 7) is 2.35. The SMILES string of the molecule is COC[C@@H]1[C@@H](O)[C@H](O)[C@@H](O)CN1CCCCCCNc1ccc(-n2cnnn2)cc1. The zero-order chi connectivity index (χ0) is 21.3. The monoisotopic (exact) mass is 420 g/mol. The Morgan fingerprint density at radius 3 is 2.53 bits per heavy atom. The zero-order valence-corrected chi connectivity index (χ0v) is 17.3. The van der Waals surface area contributed by atoms with E-state index in [0.29, 0.717) is 13.2 Å². The molecule has 0 spiro atoms. The lowest BCUT2D eigenvalue weighted by Gasteiger charge is -2.43. The third kappa shape index (κ3) is 5.96. The first-order valence-corrected chi connectivity index (χ1v) is 10.4. The second-order valence-electron chi connectivity index (χ2n) is 7.71. The first kappa shape index (κ1) is 22.6. The van der Waals surface area contributed by atoms with Gasteiger partial charge in [0, 0.05) is 25.9 Å². The van der Waals surface area contributed by atoms with Crippen molar-refractivity contribution < 1.29 is 20.1 Å². The molecular weight excluding hydrogens is 388 g/mol. The van der Waals surface area contributed by atoms with Crippen LogP contribution in [-0.2, 0) is 4.74 Å². The van der Waals surface area contributed by atoms with Gasteiger partial charge in [-0.3, -0.25) is 4.90 Å². The van der Waals surface area contributed by atoms with Crippen molar-refractivity contribution in [1.82, 2.24) is 25.1 Å². The Morgan fingerprint density at radius 2 is 1.83 bits per heavy atom. The lowest BCUT2D eigenvalue weighted by atomic mass is 9.94. The molecule has 4 N–H and O–H groups in total. The summed E-state index contributed by atoms with van der Waals surface area (Å²) in [6, 6.07) is 7.66. The number of tetrazole rings is 1. The summed E-state index contributed by atoms with van der Waals surface area (Å²) >= 11 is 0. The number of piperidine rings is 1. The van der Waals surface area contributed by atoms with E-state index in [1.165, 1.54) is 0 Å². The van der Waals surface area contributed by atoms with E-state index in [1.807, 2.05) is 29.2 Å². The van der Waals surface area contributed by atoms with Crippen molar-refractivity contribution in [2.75, 3.05) is 38.7 Å². The second kappa shape index (κ2) is 11.3. The molecule has 0 bridgehead atoms. The van der Waals surface area contributed by atoms with Crippen molar-refractivity contribution in [3.05, 3.63) is 30.6 Å². The van der Waals surface area contributed by atoms with E-state index in [-0.39, 0.29) is 6.04 Å². The molecule has 0 unspecified atom stereocenters. The number of nitrogens with one attached hydrogen (secondary N) is 1. The number of benzene rings is 1. The minimum Gasteiger partial charge on any atom is -0.389 e. The summed E-state index contributed by atoms with van der Waals surface area (Å²) in [5.74, 6) is 0. The van der Waals surface area contributed by atoms with Crippen molar-refractivity contribution in [3.63, 3.8) is 0 Å². The number of hydrogen-bond acceptors (Lipinski definition) is 9. The molecule has 1 aliphatic rings. The Kier molecular flexibility index (Phi) is 8.52. The van der Waals surface area contributed by atoms with E-state index in [0.717, 1.165) is 50.1 Å². The molecule has 3 rings (SSSR count). The molecule has 4 atom stereocenters. The Morgan fingerprint density at radius 1 is 1.07 bits per heavy atom. The molecule has 1 fully saturated rings. The molecule has 2 aromatic rings. The molecule has 0 radical (unpaired) electrons. The summed E-state index contributed by atoms with van der Waals surface area (Å²) in [4.78, 5) is 2.02. The first-order valence-electron chi connectivity index (χ1n) is 10.4. The highest BCUT2D eigenvalue weighted by atomic mass is 16.5. The van der Waals surface area contributed by atoms with Crippen LogP contribution >= 0.6 is 0 Å². The third-order valence-corrected chi connectivity index (χ3v) is 5.55. The Labute approximate surface area is 176 Å². The smallest absolute Gasteiger partial charge is 0.143 e. The molecule has 30 heavy (non-hydrogen) atoms. The van der Waals surface area contributed by atoms with Crippen LogP contribution in [0.2, 0.25) is 0 Å². The maximum Gasteiger partial charge on any atom is 0.143 e. The molecular formula is C20H32N6O4. The minimum atomic E-state index is -1.12. The molecule has 1 saturated heterocycles. The number of nitrogens with zero attached hydrogens (tertiary/aromatic N) is 5. The molecule has 2 heterocycles. The minimum absolute atomic E-state index is 0.286. The number of aliphatic hydroxyl groups excluding tert-OH is 3. The van der Waals surface area contributed by atoms with E-state index in [9.17, 15) is 15.3 Å². The van der Waals surface area contributed by atoms with Gasteiger partial charge >= 0.3 is 0 Å². The summed E-state index contributed by atoms with van der Waals surface area (Å²) in [6.07, 6.45) is 2.70. The van der Waals surface area contributed by atoms with Gasteiger partial charge in [-0.15, -0.1) is 5.10 Å². The van der Waals surface area contributed by atoms with Crippen molar-refractivity contribution in [1.29, 1.82) is 0 Å². The van der Waals surface area contributed by atoms with E-state index >= 15 is 0 Å². The summed E-state index contributed by atoms with van der Waals surface area (Å²) in [7, 11) is 1.58. The highest BCUT2D eigenvalue weighted by molar-refractivity contribution is 5.48. The predicted molar refractivity (Wildman–Crippen MR) is 111 cm³/mol. The molecule has 166 valence electrons. The molecule has 0 saturated carbocycles. The van der Waals surface area contributed by atoms with Crippen LogP contribution < -0.4 is 5.32 Å². The fraction of sp³-hybridized carbons (Fsp3) is 0.650. The quantitative estimate of drug-likeness (QED) is 0.373. The maximum atomic E-state index is 10.2. The number of likely N-dealkylation sites (tertiary alicyclic amines) is 1. The number of methoxy groups -OCH3 is 1. The van der Waals surface area contributed by atoms with Gasteiger partial charge < -0.3 is 25.4 Å². The molecule has 1 aromatic carbocycles. The van der Waals surface area contributed by atoms with Gasteiger partial charge in [-0.25, -0.2) is 4.68 Å². The fourth-order valence-electron chi connectivity index (χ4n) is 3.82. The van der Waals surface area contributed by atoms with Crippen LogP contribution in [0.25, 0.3) is 5.69 Å². The van der Waals surface area contributed by atoms with Crippen LogP contribution in [0.15, 0.2) is 30.6 Å². The average molecular weight is 421 g/mol. The van der Waals surface area contributed by atoms with Crippen LogP contribution in [0.1, 0.15) is 25.7 Å². The number of hydrogen-bond donors (Lipinski definition) is 4. The van der Waals surface area contributed by atoms with E-state index < -0.39 is 18.3 Å². The van der Waals surface area contributed by atoms with Crippen LogP contribution in [0.3, 0.4) is 0 Å². The highest BCUT2D eigenvalue weighted by Gasteiger charge is 2.40. The van der Waals surface area contributed by atoms with Crippen LogP contribution in [0.5, 0.6) is 0 Å². The fourth-order valence-corrected chi connectivity index (χ4v) is 3.82. The van der Waals surface area contributed by atoms with Crippen molar-refractivity contribution in [2.24, 2.45) is 0 Å². The first-order chi connectivity index (χ1) is 14.6. The lowest BCUT2D eigenvalue weighted by Crippen LogP contribution is -2.62. The van der Waals surface area contributed by atoms with Crippen LogP contribution in [0.4, 0.5) is 5.69 Å². The van der Waals surface area contributed by atoms with Gasteiger partial charge in [0.25, 0.3) is 0 Å². The Balaban J connectivity index is 1.31. The van der Waals surface area contributed by atoms with Gasteiger partial charge in [0.15, 0.2) is 0 Å². The van der Waals surface area contributed by atoms with E-state index in [1.54, 1.807) is 18.1 Å². The summed E-state index contributed by atoms with van der Waals surface area (Å²) < 4.78 is 6.79. The summed E-state index contributed by atoms with van der Waals surface area (Å²) in [5.41, 5.74) is 1.97.